The normalized spacial score (nSPS) is 29.4. The second-order valence-electron chi connectivity index (χ2n) is 5.74. The van der Waals surface area contributed by atoms with Crippen LogP contribution in [0.4, 0.5) is 0 Å². The molecule has 1 unspecified atom stereocenters. The van der Waals surface area contributed by atoms with Crippen molar-refractivity contribution < 1.29 is 14.6 Å². The van der Waals surface area contributed by atoms with Gasteiger partial charge >= 0.3 is 5.97 Å². The van der Waals surface area contributed by atoms with E-state index in [2.05, 4.69) is 4.90 Å². The van der Waals surface area contributed by atoms with Crippen LogP contribution in [-0.4, -0.2) is 47.8 Å². The molecule has 0 aromatic heterocycles. The fraction of sp³-hybridized carbons (Fsp3) is 0.562. The summed E-state index contributed by atoms with van der Waals surface area (Å²) in [6.45, 7) is 2.18. The first-order valence-electron chi connectivity index (χ1n) is 7.36. The van der Waals surface area contributed by atoms with Crippen LogP contribution in [0.1, 0.15) is 18.4 Å². The number of hydrogen-bond acceptors (Lipinski definition) is 4. The summed E-state index contributed by atoms with van der Waals surface area (Å²) in [5, 5.41) is 9.43. The molecule has 3 atom stereocenters. The lowest BCUT2D eigenvalue weighted by Crippen LogP contribution is -2.38. The predicted octanol–water partition coefficient (Wildman–Crippen LogP) is 1.23. The highest BCUT2D eigenvalue weighted by Gasteiger charge is 2.45. The van der Waals surface area contributed by atoms with Gasteiger partial charge in [-0.05, 0) is 24.9 Å². The highest BCUT2D eigenvalue weighted by molar-refractivity contribution is 5.72. The van der Waals surface area contributed by atoms with Gasteiger partial charge in [-0.25, -0.2) is 0 Å². The van der Waals surface area contributed by atoms with Gasteiger partial charge in [-0.2, -0.15) is 0 Å². The van der Waals surface area contributed by atoms with Crippen LogP contribution in [0.3, 0.4) is 0 Å². The van der Waals surface area contributed by atoms with Gasteiger partial charge in [0.25, 0.3) is 0 Å². The SMILES string of the molecule is O=C(Cc1ccccc1)O[C@H]1CCN2CC[C@@H](CO)C12. The smallest absolute Gasteiger partial charge is 0.310 e. The molecule has 0 saturated carbocycles. The highest BCUT2D eigenvalue weighted by atomic mass is 16.5. The first-order chi connectivity index (χ1) is 9.78. The van der Waals surface area contributed by atoms with Crippen molar-refractivity contribution in [2.24, 2.45) is 5.92 Å². The summed E-state index contributed by atoms with van der Waals surface area (Å²) >= 11 is 0. The molecule has 108 valence electrons. The van der Waals surface area contributed by atoms with Crippen LogP contribution in [-0.2, 0) is 16.0 Å². The molecule has 0 spiro atoms. The third-order valence-electron chi connectivity index (χ3n) is 4.48. The molecule has 2 aliphatic rings. The van der Waals surface area contributed by atoms with E-state index in [1.807, 2.05) is 30.3 Å². The Hall–Kier alpha value is -1.39. The maximum Gasteiger partial charge on any atom is 0.310 e. The average molecular weight is 275 g/mol. The van der Waals surface area contributed by atoms with Gasteiger partial charge in [0.05, 0.1) is 12.5 Å². The fourth-order valence-corrected chi connectivity index (χ4v) is 3.51. The molecule has 1 aromatic rings. The summed E-state index contributed by atoms with van der Waals surface area (Å²) in [6.07, 6.45) is 2.18. The molecule has 0 bridgehead atoms. The molecular weight excluding hydrogens is 254 g/mol. The van der Waals surface area contributed by atoms with E-state index in [4.69, 9.17) is 4.74 Å². The Kier molecular flexibility index (Phi) is 4.03. The van der Waals surface area contributed by atoms with Crippen LogP contribution in [0.2, 0.25) is 0 Å². The second-order valence-corrected chi connectivity index (χ2v) is 5.74. The molecule has 20 heavy (non-hydrogen) atoms. The van der Waals surface area contributed by atoms with Crippen LogP contribution in [0, 0.1) is 5.92 Å². The molecule has 1 aromatic carbocycles. The molecule has 2 aliphatic heterocycles. The summed E-state index contributed by atoms with van der Waals surface area (Å²) in [6, 6.07) is 9.90. The Balaban J connectivity index is 1.59. The number of esters is 1. The Morgan fingerprint density at radius 3 is 2.75 bits per heavy atom. The number of ether oxygens (including phenoxy) is 1. The van der Waals surface area contributed by atoms with Crippen molar-refractivity contribution in [1.82, 2.24) is 4.90 Å². The first kappa shape index (κ1) is 13.6. The quantitative estimate of drug-likeness (QED) is 0.840. The third kappa shape index (κ3) is 2.72. The third-order valence-corrected chi connectivity index (χ3v) is 4.48. The lowest BCUT2D eigenvalue weighted by molar-refractivity contribution is -0.149. The Morgan fingerprint density at radius 2 is 2.00 bits per heavy atom. The van der Waals surface area contributed by atoms with Crippen molar-refractivity contribution in [3.8, 4) is 0 Å². The fourth-order valence-electron chi connectivity index (χ4n) is 3.51. The number of nitrogens with zero attached hydrogens (tertiary/aromatic N) is 1. The molecular formula is C16H21NO3. The van der Waals surface area contributed by atoms with E-state index in [9.17, 15) is 9.90 Å². The van der Waals surface area contributed by atoms with Gasteiger partial charge in [0.1, 0.15) is 6.10 Å². The molecule has 2 saturated heterocycles. The average Bonchev–Trinajstić information content (AvgIpc) is 3.03. The molecule has 4 heteroatoms. The van der Waals surface area contributed by atoms with Crippen LogP contribution >= 0.6 is 0 Å². The molecule has 1 N–H and O–H groups in total. The Labute approximate surface area is 119 Å². The standard InChI is InChI=1S/C16H21NO3/c18-11-13-6-8-17-9-7-14(16(13)17)20-15(19)10-12-4-2-1-3-5-12/h1-5,13-14,16,18H,6-11H2/t13-,14-,16?/m0/s1. The zero-order valence-corrected chi connectivity index (χ0v) is 11.6. The van der Waals surface area contributed by atoms with E-state index in [0.29, 0.717) is 6.42 Å². The van der Waals surface area contributed by atoms with E-state index in [1.54, 1.807) is 0 Å². The predicted molar refractivity (Wildman–Crippen MR) is 75.2 cm³/mol. The number of aliphatic hydroxyl groups is 1. The topological polar surface area (TPSA) is 49.8 Å². The lowest BCUT2D eigenvalue weighted by Gasteiger charge is -2.25. The van der Waals surface area contributed by atoms with Crippen LogP contribution in [0.25, 0.3) is 0 Å². The van der Waals surface area contributed by atoms with E-state index in [0.717, 1.165) is 31.5 Å². The number of rotatable bonds is 4. The Morgan fingerprint density at radius 1 is 1.25 bits per heavy atom. The number of fused-ring (bicyclic) bond motifs is 1. The van der Waals surface area contributed by atoms with Gasteiger partial charge in [0.2, 0.25) is 0 Å². The largest absolute Gasteiger partial charge is 0.460 e. The maximum absolute atomic E-state index is 12.0. The summed E-state index contributed by atoms with van der Waals surface area (Å²) < 4.78 is 5.67. The van der Waals surface area contributed by atoms with Crippen molar-refractivity contribution in [3.05, 3.63) is 35.9 Å². The van der Waals surface area contributed by atoms with Crippen molar-refractivity contribution in [2.75, 3.05) is 19.7 Å². The second kappa shape index (κ2) is 5.94. The molecule has 0 amide bonds. The van der Waals surface area contributed by atoms with Gasteiger partial charge in [-0.1, -0.05) is 30.3 Å². The van der Waals surface area contributed by atoms with Crippen molar-refractivity contribution in [3.63, 3.8) is 0 Å². The minimum absolute atomic E-state index is 0.0501. The van der Waals surface area contributed by atoms with E-state index in [-0.39, 0.29) is 30.6 Å². The number of aliphatic hydroxyl groups excluding tert-OH is 1. The molecule has 2 heterocycles. The van der Waals surface area contributed by atoms with Crippen LogP contribution < -0.4 is 0 Å². The lowest BCUT2D eigenvalue weighted by atomic mass is 9.97. The number of benzene rings is 1. The van der Waals surface area contributed by atoms with E-state index in [1.165, 1.54) is 0 Å². The number of carbonyl (C=O) groups excluding carboxylic acids is 1. The van der Waals surface area contributed by atoms with Gasteiger partial charge in [0.15, 0.2) is 0 Å². The zero-order valence-electron chi connectivity index (χ0n) is 11.6. The van der Waals surface area contributed by atoms with Gasteiger partial charge in [0, 0.05) is 19.1 Å². The van der Waals surface area contributed by atoms with Gasteiger partial charge in [-0.3, -0.25) is 9.69 Å². The summed E-state index contributed by atoms with van der Waals surface area (Å²) in [4.78, 5) is 14.4. The van der Waals surface area contributed by atoms with Crippen molar-refractivity contribution >= 4 is 5.97 Å². The monoisotopic (exact) mass is 275 g/mol. The molecule has 2 fully saturated rings. The van der Waals surface area contributed by atoms with Gasteiger partial charge < -0.3 is 9.84 Å². The summed E-state index contributed by atoms with van der Waals surface area (Å²) in [7, 11) is 0. The Bertz CT molecular complexity index is 462. The van der Waals surface area contributed by atoms with Crippen molar-refractivity contribution in [1.29, 1.82) is 0 Å². The van der Waals surface area contributed by atoms with Crippen LogP contribution in [0.15, 0.2) is 30.3 Å². The van der Waals surface area contributed by atoms with E-state index < -0.39 is 0 Å². The van der Waals surface area contributed by atoms with Gasteiger partial charge in [-0.15, -0.1) is 0 Å². The van der Waals surface area contributed by atoms with E-state index >= 15 is 0 Å². The highest BCUT2D eigenvalue weighted by Crippen LogP contribution is 2.34. The summed E-state index contributed by atoms with van der Waals surface area (Å²) in [5.41, 5.74) is 0.984. The van der Waals surface area contributed by atoms with Crippen molar-refractivity contribution in [2.45, 2.75) is 31.4 Å². The molecule has 4 nitrogen and oxygen atoms in total. The maximum atomic E-state index is 12.0. The number of carbonyl (C=O) groups is 1. The molecule has 3 rings (SSSR count). The molecule has 0 aliphatic carbocycles. The minimum atomic E-state index is -0.161. The zero-order chi connectivity index (χ0) is 13.9. The number of hydrogen-bond donors (Lipinski definition) is 1. The molecule has 0 radical (unpaired) electrons. The minimum Gasteiger partial charge on any atom is -0.460 e. The van der Waals surface area contributed by atoms with Crippen LogP contribution in [0.5, 0.6) is 0 Å². The summed E-state index contributed by atoms with van der Waals surface area (Å²) in [5.74, 6) is 0.0960. The first-order valence-corrected chi connectivity index (χ1v) is 7.36.